The summed E-state index contributed by atoms with van der Waals surface area (Å²) in [5.74, 6) is 0. The number of likely N-dealkylation sites (tertiary alicyclic amines) is 1. The summed E-state index contributed by atoms with van der Waals surface area (Å²) in [4.78, 5) is 5.04. The minimum absolute atomic E-state index is 0.265. The number of piperidine rings is 1. The summed E-state index contributed by atoms with van der Waals surface area (Å²) in [5.41, 5.74) is 8.93. The van der Waals surface area contributed by atoms with Gasteiger partial charge in [-0.05, 0) is 43.9 Å². The third-order valence-electron chi connectivity index (χ3n) is 4.93. The van der Waals surface area contributed by atoms with Crippen molar-refractivity contribution in [1.82, 2.24) is 4.90 Å². The zero-order chi connectivity index (χ0) is 15.2. The minimum Gasteiger partial charge on any atom is -0.371 e. The molecule has 0 bridgehead atoms. The molecule has 1 heterocycles. The maximum Gasteiger partial charge on any atom is 0.0399 e. The van der Waals surface area contributed by atoms with E-state index in [4.69, 9.17) is 5.73 Å². The molecule has 1 saturated heterocycles. The number of para-hydroxylation sites is 1. The summed E-state index contributed by atoms with van der Waals surface area (Å²) >= 11 is 0. The van der Waals surface area contributed by atoms with Crippen LogP contribution in [0.1, 0.15) is 38.7 Å². The van der Waals surface area contributed by atoms with Crippen molar-refractivity contribution in [2.45, 2.75) is 51.6 Å². The quantitative estimate of drug-likeness (QED) is 0.874. The maximum absolute atomic E-state index is 6.16. The molecule has 0 aliphatic carbocycles. The second-order valence-electron chi connectivity index (χ2n) is 6.28. The van der Waals surface area contributed by atoms with E-state index in [1.807, 2.05) is 0 Å². The van der Waals surface area contributed by atoms with Crippen molar-refractivity contribution in [3.8, 4) is 0 Å². The topological polar surface area (TPSA) is 32.5 Å². The maximum atomic E-state index is 6.16. The molecular weight excluding hydrogens is 258 g/mol. The van der Waals surface area contributed by atoms with E-state index in [1.165, 1.54) is 43.7 Å². The van der Waals surface area contributed by atoms with Gasteiger partial charge >= 0.3 is 0 Å². The van der Waals surface area contributed by atoms with Crippen LogP contribution in [0.3, 0.4) is 0 Å². The van der Waals surface area contributed by atoms with Crippen LogP contribution in [0.15, 0.2) is 24.3 Å². The number of hydrogen-bond acceptors (Lipinski definition) is 3. The summed E-state index contributed by atoms with van der Waals surface area (Å²) in [7, 11) is 2.25. The van der Waals surface area contributed by atoms with Gasteiger partial charge in [-0.25, -0.2) is 0 Å². The van der Waals surface area contributed by atoms with E-state index in [0.29, 0.717) is 6.04 Å². The third kappa shape index (κ3) is 4.21. The Bertz CT molecular complexity index is 424. The summed E-state index contributed by atoms with van der Waals surface area (Å²) < 4.78 is 0. The first-order valence-corrected chi connectivity index (χ1v) is 8.44. The lowest BCUT2D eigenvalue weighted by Gasteiger charge is -2.38. The van der Waals surface area contributed by atoms with Crippen LogP contribution in [0.2, 0.25) is 0 Å². The first-order valence-electron chi connectivity index (χ1n) is 8.44. The van der Waals surface area contributed by atoms with Gasteiger partial charge in [0.25, 0.3) is 0 Å². The highest BCUT2D eigenvalue weighted by Gasteiger charge is 2.23. The fourth-order valence-electron chi connectivity index (χ4n) is 3.27. The molecule has 0 radical (unpaired) electrons. The van der Waals surface area contributed by atoms with Gasteiger partial charge in [-0.3, -0.25) is 0 Å². The Morgan fingerprint density at radius 1 is 1.24 bits per heavy atom. The highest BCUT2D eigenvalue weighted by atomic mass is 15.2. The zero-order valence-electron chi connectivity index (χ0n) is 13.9. The molecule has 3 nitrogen and oxygen atoms in total. The Hall–Kier alpha value is -1.06. The van der Waals surface area contributed by atoms with Crippen molar-refractivity contribution >= 4 is 5.69 Å². The smallest absolute Gasteiger partial charge is 0.0399 e. The molecule has 3 heteroatoms. The van der Waals surface area contributed by atoms with Crippen molar-refractivity contribution < 1.29 is 0 Å². The molecule has 1 aliphatic heterocycles. The van der Waals surface area contributed by atoms with Crippen LogP contribution in [0.25, 0.3) is 0 Å². The zero-order valence-corrected chi connectivity index (χ0v) is 13.9. The molecule has 1 aromatic rings. The van der Waals surface area contributed by atoms with Gasteiger partial charge in [0, 0.05) is 37.9 Å². The predicted octanol–water partition coefficient (Wildman–Crippen LogP) is 2.89. The predicted molar refractivity (Wildman–Crippen MR) is 92.0 cm³/mol. The molecule has 2 N–H and O–H groups in total. The second-order valence-corrected chi connectivity index (χ2v) is 6.28. The second kappa shape index (κ2) is 7.81. The van der Waals surface area contributed by atoms with Crippen LogP contribution >= 0.6 is 0 Å². The summed E-state index contributed by atoms with van der Waals surface area (Å²) in [5, 5.41) is 0. The van der Waals surface area contributed by atoms with E-state index in [1.54, 1.807) is 0 Å². The van der Waals surface area contributed by atoms with Gasteiger partial charge in [-0.15, -0.1) is 0 Å². The van der Waals surface area contributed by atoms with Crippen molar-refractivity contribution in [3.63, 3.8) is 0 Å². The standard InChI is InChI=1S/C18H31N3/c1-4-16(19)14-15-8-6-7-9-18(15)20(3)17-10-12-21(5-2)13-11-17/h6-9,16-17H,4-5,10-14,19H2,1-3H3. The van der Waals surface area contributed by atoms with Crippen molar-refractivity contribution in [2.75, 3.05) is 31.6 Å². The van der Waals surface area contributed by atoms with Gasteiger partial charge in [-0.2, -0.15) is 0 Å². The Kier molecular flexibility index (Phi) is 6.07. The SMILES string of the molecule is CCC(N)Cc1ccccc1N(C)C1CCN(CC)CC1. The van der Waals surface area contributed by atoms with Crippen LogP contribution in [-0.4, -0.2) is 43.7 Å². The van der Waals surface area contributed by atoms with Gasteiger partial charge in [0.15, 0.2) is 0 Å². The summed E-state index contributed by atoms with van der Waals surface area (Å²) in [6, 6.07) is 9.70. The van der Waals surface area contributed by atoms with Gasteiger partial charge in [0.1, 0.15) is 0 Å². The lowest BCUT2D eigenvalue weighted by molar-refractivity contribution is 0.221. The number of rotatable bonds is 6. The van der Waals surface area contributed by atoms with E-state index in [0.717, 1.165) is 12.8 Å². The molecule has 1 unspecified atom stereocenters. The molecule has 0 saturated carbocycles. The largest absolute Gasteiger partial charge is 0.371 e. The first-order chi connectivity index (χ1) is 10.2. The average molecular weight is 289 g/mol. The highest BCUT2D eigenvalue weighted by molar-refractivity contribution is 5.54. The van der Waals surface area contributed by atoms with Crippen LogP contribution in [0, 0.1) is 0 Å². The van der Waals surface area contributed by atoms with E-state index < -0.39 is 0 Å². The van der Waals surface area contributed by atoms with Crippen molar-refractivity contribution in [1.29, 1.82) is 0 Å². The molecule has 0 spiro atoms. The van der Waals surface area contributed by atoms with Crippen molar-refractivity contribution in [3.05, 3.63) is 29.8 Å². The molecule has 1 aromatic carbocycles. The average Bonchev–Trinajstić information content (AvgIpc) is 2.54. The molecule has 1 aliphatic rings. The number of hydrogen-bond donors (Lipinski definition) is 1. The number of anilines is 1. The lowest BCUT2D eigenvalue weighted by Crippen LogP contribution is -2.43. The van der Waals surface area contributed by atoms with Gasteiger partial charge in [0.2, 0.25) is 0 Å². The van der Waals surface area contributed by atoms with Crippen LogP contribution in [0.5, 0.6) is 0 Å². The lowest BCUT2D eigenvalue weighted by atomic mass is 9.99. The molecular formula is C18H31N3. The third-order valence-corrected chi connectivity index (χ3v) is 4.93. The van der Waals surface area contributed by atoms with E-state index in [-0.39, 0.29) is 6.04 Å². The number of benzene rings is 1. The van der Waals surface area contributed by atoms with E-state index >= 15 is 0 Å². The number of nitrogens with zero attached hydrogens (tertiary/aromatic N) is 2. The molecule has 2 rings (SSSR count). The van der Waals surface area contributed by atoms with Crippen LogP contribution in [0.4, 0.5) is 5.69 Å². The van der Waals surface area contributed by atoms with E-state index in [9.17, 15) is 0 Å². The molecule has 0 amide bonds. The molecule has 21 heavy (non-hydrogen) atoms. The van der Waals surface area contributed by atoms with Gasteiger partial charge in [-0.1, -0.05) is 32.0 Å². The molecule has 1 fully saturated rings. The fourth-order valence-corrected chi connectivity index (χ4v) is 3.27. The van der Waals surface area contributed by atoms with Gasteiger partial charge < -0.3 is 15.5 Å². The van der Waals surface area contributed by atoms with Gasteiger partial charge in [0.05, 0.1) is 0 Å². The Morgan fingerprint density at radius 2 is 1.90 bits per heavy atom. The van der Waals surface area contributed by atoms with Crippen molar-refractivity contribution in [2.24, 2.45) is 5.73 Å². The first kappa shape index (κ1) is 16.3. The number of nitrogens with two attached hydrogens (primary N) is 1. The van der Waals surface area contributed by atoms with Crippen LogP contribution in [-0.2, 0) is 6.42 Å². The normalized spacial score (nSPS) is 18.7. The Balaban J connectivity index is 2.06. The Morgan fingerprint density at radius 3 is 2.52 bits per heavy atom. The summed E-state index contributed by atoms with van der Waals surface area (Å²) in [6.45, 7) is 8.05. The van der Waals surface area contributed by atoms with Crippen LogP contribution < -0.4 is 10.6 Å². The monoisotopic (exact) mass is 289 g/mol. The Labute approximate surface area is 130 Å². The molecule has 118 valence electrons. The minimum atomic E-state index is 0.265. The molecule has 1 atom stereocenters. The fraction of sp³-hybridized carbons (Fsp3) is 0.667. The van der Waals surface area contributed by atoms with E-state index in [2.05, 4.69) is 55.0 Å². The highest BCUT2D eigenvalue weighted by Crippen LogP contribution is 2.26. The molecule has 0 aromatic heterocycles. The summed E-state index contributed by atoms with van der Waals surface area (Å²) in [6.07, 6.45) is 4.54.